The highest BCUT2D eigenvalue weighted by molar-refractivity contribution is 7.53. The van der Waals surface area contributed by atoms with Gasteiger partial charge in [0.25, 0.3) is 5.91 Å². The van der Waals surface area contributed by atoms with Crippen LogP contribution < -0.4 is 20.7 Å². The monoisotopic (exact) mass is 585 g/mol. The highest BCUT2D eigenvalue weighted by Crippen LogP contribution is 2.52. The summed E-state index contributed by atoms with van der Waals surface area (Å²) in [6.45, 7) is 3.43. The Morgan fingerprint density at radius 2 is 1.70 bits per heavy atom. The minimum absolute atomic E-state index is 0.0112. The Morgan fingerprint density at radius 1 is 1.02 bits per heavy atom. The number of nitrogens with one attached hydrogen (secondary N) is 3. The number of carbonyl (C=O) groups is 1. The van der Waals surface area contributed by atoms with E-state index in [1.807, 2.05) is 0 Å². The average Bonchev–Trinajstić information content (AvgIpc) is 2.90. The van der Waals surface area contributed by atoms with Crippen molar-refractivity contribution in [3.05, 3.63) is 65.1 Å². The Morgan fingerprint density at radius 3 is 2.30 bits per heavy atom. The molecule has 15 heteroatoms. The number of alkyl halides is 3. The molecule has 1 amide bonds. The molecule has 3 rings (SSSR count). The second kappa shape index (κ2) is 13.1. The topological polar surface area (TPSA) is 124 Å². The molecule has 216 valence electrons. The smallest absolute Gasteiger partial charge is 0.421 e. The van der Waals surface area contributed by atoms with Crippen LogP contribution in [0.1, 0.15) is 35.3 Å². The number of amides is 1. The molecule has 0 bridgehead atoms. The molecule has 0 atom stereocenters. The number of hydrogen-bond donors (Lipinski definition) is 3. The zero-order valence-electron chi connectivity index (χ0n) is 22.1. The van der Waals surface area contributed by atoms with Gasteiger partial charge >= 0.3 is 13.8 Å². The minimum Gasteiger partial charge on any atom is -0.492 e. The maximum Gasteiger partial charge on any atom is 0.421 e. The third-order valence-corrected chi connectivity index (χ3v) is 7.42. The fraction of sp³-hybridized carbons (Fsp3) is 0.320. The Hall–Kier alpha value is -3.74. The van der Waals surface area contributed by atoms with Crippen molar-refractivity contribution in [1.82, 2.24) is 15.3 Å². The van der Waals surface area contributed by atoms with Crippen LogP contribution >= 0.6 is 7.60 Å². The van der Waals surface area contributed by atoms with Gasteiger partial charge in [0, 0.05) is 18.8 Å². The van der Waals surface area contributed by atoms with Gasteiger partial charge in [0.2, 0.25) is 5.95 Å². The second-order valence-corrected chi connectivity index (χ2v) is 10.1. The van der Waals surface area contributed by atoms with Gasteiger partial charge in [-0.3, -0.25) is 9.36 Å². The maximum atomic E-state index is 15.4. The largest absolute Gasteiger partial charge is 0.492 e. The van der Waals surface area contributed by atoms with Crippen molar-refractivity contribution in [2.45, 2.75) is 26.2 Å². The fourth-order valence-electron chi connectivity index (χ4n) is 3.67. The van der Waals surface area contributed by atoms with Gasteiger partial charge in [0.05, 0.1) is 43.4 Å². The maximum absolute atomic E-state index is 15.4. The fourth-order valence-corrected chi connectivity index (χ4v) is 5.37. The first-order chi connectivity index (χ1) is 19.0. The van der Waals surface area contributed by atoms with Crippen LogP contribution in [0.15, 0.2) is 42.6 Å². The molecule has 1 heterocycles. The zero-order valence-corrected chi connectivity index (χ0v) is 23.0. The molecule has 3 aromatic rings. The van der Waals surface area contributed by atoms with E-state index in [9.17, 15) is 22.5 Å². The number of carbonyl (C=O) groups excluding carboxylic acids is 1. The molecule has 0 aliphatic carbocycles. The van der Waals surface area contributed by atoms with Crippen molar-refractivity contribution in [2.24, 2.45) is 0 Å². The van der Waals surface area contributed by atoms with Crippen molar-refractivity contribution >= 4 is 36.6 Å². The van der Waals surface area contributed by atoms with Crippen LogP contribution in [0.25, 0.3) is 0 Å². The first-order valence-corrected chi connectivity index (χ1v) is 13.7. The summed E-state index contributed by atoms with van der Waals surface area (Å²) in [5.41, 5.74) is -1.07. The number of anilines is 4. The summed E-state index contributed by atoms with van der Waals surface area (Å²) in [6, 6.07) is 8.62. The van der Waals surface area contributed by atoms with E-state index < -0.39 is 36.9 Å². The lowest BCUT2D eigenvalue weighted by Gasteiger charge is -2.19. The third kappa shape index (κ3) is 7.26. The Bertz CT molecular complexity index is 1400. The summed E-state index contributed by atoms with van der Waals surface area (Å²) in [5, 5.41) is 7.62. The first-order valence-electron chi connectivity index (χ1n) is 12.0. The number of nitrogens with zero attached hydrogens (tertiary/aromatic N) is 2. The molecule has 0 unspecified atom stereocenters. The highest BCUT2D eigenvalue weighted by atomic mass is 31.2. The second-order valence-electron chi connectivity index (χ2n) is 8.05. The first kappa shape index (κ1) is 30.8. The molecule has 0 saturated carbocycles. The number of aromatic nitrogens is 2. The molecule has 0 aliphatic heterocycles. The van der Waals surface area contributed by atoms with E-state index in [2.05, 4.69) is 25.9 Å². The summed E-state index contributed by atoms with van der Waals surface area (Å²) >= 11 is 0. The predicted octanol–water partition coefficient (Wildman–Crippen LogP) is 6.26. The highest BCUT2D eigenvalue weighted by Gasteiger charge is 2.36. The Balaban J connectivity index is 2.00. The van der Waals surface area contributed by atoms with Crippen LogP contribution in [-0.2, 0) is 26.0 Å². The quantitative estimate of drug-likeness (QED) is 0.167. The van der Waals surface area contributed by atoms with E-state index in [1.54, 1.807) is 19.9 Å². The van der Waals surface area contributed by atoms with Crippen molar-refractivity contribution in [3.8, 4) is 5.75 Å². The lowest BCUT2D eigenvalue weighted by molar-refractivity contribution is -0.137. The summed E-state index contributed by atoms with van der Waals surface area (Å²) in [5.74, 6) is -2.70. The van der Waals surface area contributed by atoms with E-state index in [4.69, 9.17) is 13.8 Å². The number of hydrogen-bond acceptors (Lipinski definition) is 9. The van der Waals surface area contributed by atoms with Gasteiger partial charge in [0.1, 0.15) is 11.4 Å². The lowest BCUT2D eigenvalue weighted by atomic mass is 10.1. The van der Waals surface area contributed by atoms with E-state index >= 15 is 4.39 Å². The average molecular weight is 585 g/mol. The van der Waals surface area contributed by atoms with Crippen molar-refractivity contribution in [3.63, 3.8) is 0 Å². The summed E-state index contributed by atoms with van der Waals surface area (Å²) in [4.78, 5) is 19.9. The number of ether oxygens (including phenoxy) is 1. The molecule has 40 heavy (non-hydrogen) atoms. The number of halogens is 4. The molecule has 2 aromatic carbocycles. The molecular weight excluding hydrogens is 557 g/mol. The van der Waals surface area contributed by atoms with E-state index in [0.717, 1.165) is 0 Å². The number of benzene rings is 2. The lowest BCUT2D eigenvalue weighted by Crippen LogP contribution is -2.20. The van der Waals surface area contributed by atoms with Gasteiger partial charge in [-0.25, -0.2) is 9.37 Å². The summed E-state index contributed by atoms with van der Waals surface area (Å²) < 4.78 is 85.2. The number of methoxy groups -OCH3 is 1. The molecule has 3 N–H and O–H groups in total. The third-order valence-electron chi connectivity index (χ3n) is 5.39. The summed E-state index contributed by atoms with van der Waals surface area (Å²) in [7, 11) is -1.06. The van der Waals surface area contributed by atoms with E-state index in [0.29, 0.717) is 6.20 Å². The van der Waals surface area contributed by atoms with Crippen molar-refractivity contribution < 1.29 is 40.7 Å². The normalized spacial score (nSPS) is 11.7. The van der Waals surface area contributed by atoms with E-state index in [1.165, 1.54) is 44.5 Å². The van der Waals surface area contributed by atoms with Crippen molar-refractivity contribution in [2.75, 3.05) is 38.0 Å². The van der Waals surface area contributed by atoms with Crippen molar-refractivity contribution in [1.29, 1.82) is 0 Å². The standard InChI is InChI=1S/C25H28F4N5O5P/c1-5-38-40(36,39-6-2)14-15-11-12-19(21(37-4)20(15)26)33-24-31-13-17(25(27,28)29)22(34-24)32-18-10-8-7-9-16(18)23(35)30-3/h7-13H,5-6,14H2,1-4H3,(H,30,35)(H2,31,32,33,34). The van der Waals surface area contributed by atoms with Gasteiger partial charge in [-0.05, 0) is 32.0 Å². The van der Waals surface area contributed by atoms with Gasteiger partial charge in [-0.2, -0.15) is 18.2 Å². The molecule has 0 saturated heterocycles. The molecular formula is C25H28F4N5O5P. The van der Waals surface area contributed by atoms with E-state index in [-0.39, 0.29) is 53.6 Å². The molecule has 0 radical (unpaired) electrons. The van der Waals surface area contributed by atoms with Crippen LogP contribution in [0, 0.1) is 5.82 Å². The SMILES string of the molecule is CCOP(=O)(Cc1ccc(Nc2ncc(C(F)(F)F)c(Nc3ccccc3C(=O)NC)n2)c(OC)c1F)OCC. The number of rotatable bonds is 12. The molecule has 10 nitrogen and oxygen atoms in total. The van der Waals surface area contributed by atoms with Crippen LogP contribution in [0.2, 0.25) is 0 Å². The van der Waals surface area contributed by atoms with Gasteiger partial charge in [-0.1, -0.05) is 18.2 Å². The van der Waals surface area contributed by atoms with Crippen LogP contribution in [0.4, 0.5) is 40.7 Å². The van der Waals surface area contributed by atoms with Gasteiger partial charge in [-0.15, -0.1) is 0 Å². The van der Waals surface area contributed by atoms with Crippen LogP contribution in [0.3, 0.4) is 0 Å². The van der Waals surface area contributed by atoms with Crippen LogP contribution in [-0.4, -0.2) is 43.2 Å². The molecule has 1 aromatic heterocycles. The van der Waals surface area contributed by atoms with Gasteiger partial charge < -0.3 is 29.7 Å². The number of para-hydroxylation sites is 1. The Kier molecular flexibility index (Phi) is 10.1. The van der Waals surface area contributed by atoms with Gasteiger partial charge in [0.15, 0.2) is 11.6 Å². The Labute approximate surface area is 228 Å². The predicted molar refractivity (Wildman–Crippen MR) is 141 cm³/mol. The molecule has 0 fully saturated rings. The zero-order chi connectivity index (χ0) is 29.5. The minimum atomic E-state index is -4.83. The van der Waals surface area contributed by atoms with Crippen LogP contribution in [0.5, 0.6) is 5.75 Å². The summed E-state index contributed by atoms with van der Waals surface area (Å²) in [6.07, 6.45) is -4.64. The molecule has 0 aliphatic rings. The molecule has 0 spiro atoms.